The smallest absolute Gasteiger partial charge is 0.417 e. The number of benzene rings is 1. The number of imide groups is 1. The van der Waals surface area contributed by atoms with Gasteiger partial charge in [-0.1, -0.05) is 0 Å². The molecule has 3 atom stereocenters. The van der Waals surface area contributed by atoms with Crippen molar-refractivity contribution in [2.45, 2.75) is 43.6 Å². The van der Waals surface area contributed by atoms with Gasteiger partial charge in [0.1, 0.15) is 6.04 Å². The zero-order valence-electron chi connectivity index (χ0n) is 16.8. The standard InChI is InChI=1S/C20H17F3N4O5/c1-32-16(29)5-4-15(28)25-9-12-7-14(25)17-18(30)27(19(31)26(12)17)11-3-2-10(8-24)13(6-11)20(21,22)23/h2-3,6,12,14,17H,4-5,7,9H2,1H3/t12-,14-,17-/m0/s1. The number of urea groups is 1. The summed E-state index contributed by atoms with van der Waals surface area (Å²) >= 11 is 0. The van der Waals surface area contributed by atoms with Crippen LogP contribution in [0.1, 0.15) is 30.4 Å². The van der Waals surface area contributed by atoms with Crippen molar-refractivity contribution in [1.29, 1.82) is 5.26 Å². The van der Waals surface area contributed by atoms with E-state index in [-0.39, 0.29) is 31.0 Å². The van der Waals surface area contributed by atoms with Gasteiger partial charge in [-0.2, -0.15) is 18.4 Å². The number of carbonyl (C=O) groups is 4. The third-order valence-electron chi connectivity index (χ3n) is 6.04. The normalized spacial score (nSPS) is 24.1. The number of piperazine rings is 1. The molecule has 168 valence electrons. The van der Waals surface area contributed by atoms with E-state index >= 15 is 0 Å². The molecule has 32 heavy (non-hydrogen) atoms. The van der Waals surface area contributed by atoms with Gasteiger partial charge < -0.3 is 14.5 Å². The van der Waals surface area contributed by atoms with E-state index in [9.17, 15) is 32.3 Å². The van der Waals surface area contributed by atoms with E-state index in [0.29, 0.717) is 17.4 Å². The first-order chi connectivity index (χ1) is 15.1. The van der Waals surface area contributed by atoms with Crippen molar-refractivity contribution in [1.82, 2.24) is 9.80 Å². The predicted octanol–water partition coefficient (Wildman–Crippen LogP) is 1.65. The summed E-state index contributed by atoms with van der Waals surface area (Å²) in [5.41, 5.74) is -2.15. The Hall–Kier alpha value is -3.62. The van der Waals surface area contributed by atoms with Crippen LogP contribution in [0.25, 0.3) is 0 Å². The fourth-order valence-electron chi connectivity index (χ4n) is 4.64. The molecule has 2 bridgehead atoms. The molecule has 3 aliphatic rings. The first kappa shape index (κ1) is 21.6. The summed E-state index contributed by atoms with van der Waals surface area (Å²) in [6.45, 7) is 0.176. The number of methoxy groups -OCH3 is 1. The highest BCUT2D eigenvalue weighted by atomic mass is 19.4. The van der Waals surface area contributed by atoms with Crippen LogP contribution in [0.3, 0.4) is 0 Å². The Balaban J connectivity index is 1.59. The summed E-state index contributed by atoms with van der Waals surface area (Å²) in [7, 11) is 1.20. The number of anilines is 1. The highest BCUT2D eigenvalue weighted by Crippen LogP contribution is 2.43. The summed E-state index contributed by atoms with van der Waals surface area (Å²) in [5.74, 6) is -1.64. The van der Waals surface area contributed by atoms with Crippen LogP contribution in [0.4, 0.5) is 23.7 Å². The lowest BCUT2D eigenvalue weighted by Gasteiger charge is -2.34. The van der Waals surface area contributed by atoms with Crippen molar-refractivity contribution in [3.05, 3.63) is 29.3 Å². The maximum atomic E-state index is 13.3. The minimum Gasteiger partial charge on any atom is -0.469 e. The van der Waals surface area contributed by atoms with Gasteiger partial charge in [0.15, 0.2) is 0 Å². The second-order valence-corrected chi connectivity index (χ2v) is 7.73. The molecule has 12 heteroatoms. The Bertz CT molecular complexity index is 1070. The van der Waals surface area contributed by atoms with Gasteiger partial charge in [0, 0.05) is 13.0 Å². The van der Waals surface area contributed by atoms with Gasteiger partial charge in [-0.3, -0.25) is 14.4 Å². The SMILES string of the molecule is COC(=O)CCC(=O)N1C[C@@H]2C[C@H]1[C@H]1C(=O)N(c3ccc(C#N)c(C(F)(F)F)c3)C(=O)N21. The molecule has 0 aromatic heterocycles. The minimum atomic E-state index is -4.84. The number of alkyl halides is 3. The second-order valence-electron chi connectivity index (χ2n) is 7.73. The number of esters is 1. The molecule has 3 aliphatic heterocycles. The van der Waals surface area contributed by atoms with E-state index in [2.05, 4.69) is 4.74 Å². The van der Waals surface area contributed by atoms with E-state index in [1.807, 2.05) is 0 Å². The van der Waals surface area contributed by atoms with Gasteiger partial charge in [0.2, 0.25) is 5.91 Å². The number of rotatable bonds is 4. The van der Waals surface area contributed by atoms with Crippen LogP contribution in [0.2, 0.25) is 0 Å². The zero-order valence-corrected chi connectivity index (χ0v) is 16.8. The maximum absolute atomic E-state index is 13.3. The highest BCUT2D eigenvalue weighted by molar-refractivity contribution is 6.22. The van der Waals surface area contributed by atoms with Crippen molar-refractivity contribution >= 4 is 29.5 Å². The first-order valence-corrected chi connectivity index (χ1v) is 9.72. The average molecular weight is 450 g/mol. The van der Waals surface area contributed by atoms with Gasteiger partial charge in [-0.15, -0.1) is 0 Å². The fraction of sp³-hybridized carbons (Fsp3) is 0.450. The topological polar surface area (TPSA) is 111 Å². The molecule has 1 aromatic carbocycles. The largest absolute Gasteiger partial charge is 0.469 e. The van der Waals surface area contributed by atoms with Crippen LogP contribution in [0, 0.1) is 11.3 Å². The fourth-order valence-corrected chi connectivity index (χ4v) is 4.64. The van der Waals surface area contributed by atoms with Crippen molar-refractivity contribution in [2.75, 3.05) is 18.6 Å². The summed E-state index contributed by atoms with van der Waals surface area (Å²) in [4.78, 5) is 53.3. The van der Waals surface area contributed by atoms with Crippen molar-refractivity contribution in [3.63, 3.8) is 0 Å². The molecule has 3 fully saturated rings. The third-order valence-corrected chi connectivity index (χ3v) is 6.04. The predicted molar refractivity (Wildman–Crippen MR) is 99.8 cm³/mol. The molecule has 0 saturated carbocycles. The van der Waals surface area contributed by atoms with Crippen LogP contribution < -0.4 is 4.90 Å². The van der Waals surface area contributed by atoms with Gasteiger partial charge in [0.25, 0.3) is 5.91 Å². The number of fused-ring (bicyclic) bond motifs is 5. The summed E-state index contributed by atoms with van der Waals surface area (Å²) in [6.07, 6.45) is -4.70. The molecule has 0 radical (unpaired) electrons. The van der Waals surface area contributed by atoms with E-state index in [1.165, 1.54) is 23.0 Å². The molecular formula is C20H17F3N4O5. The van der Waals surface area contributed by atoms with E-state index in [0.717, 1.165) is 12.1 Å². The summed E-state index contributed by atoms with van der Waals surface area (Å²) in [5, 5.41) is 8.95. The number of halogens is 3. The molecule has 9 nitrogen and oxygen atoms in total. The van der Waals surface area contributed by atoms with Gasteiger partial charge in [-0.25, -0.2) is 9.69 Å². The molecule has 1 aromatic rings. The van der Waals surface area contributed by atoms with Gasteiger partial charge in [0.05, 0.1) is 48.5 Å². The van der Waals surface area contributed by atoms with E-state index < -0.39 is 53.3 Å². The van der Waals surface area contributed by atoms with Crippen LogP contribution in [0.5, 0.6) is 0 Å². The number of nitrogens with zero attached hydrogens (tertiary/aromatic N) is 4. The Morgan fingerprint density at radius 1 is 1.25 bits per heavy atom. The minimum absolute atomic E-state index is 0.112. The van der Waals surface area contributed by atoms with Crippen molar-refractivity contribution in [2.24, 2.45) is 0 Å². The first-order valence-electron chi connectivity index (χ1n) is 9.72. The number of likely N-dealkylation sites (tertiary alicyclic amines) is 1. The Morgan fingerprint density at radius 2 is 1.97 bits per heavy atom. The number of carbonyl (C=O) groups excluding carboxylic acids is 4. The lowest BCUT2D eigenvalue weighted by atomic mass is 10.1. The number of ether oxygens (including phenoxy) is 1. The van der Waals surface area contributed by atoms with Crippen LogP contribution in [-0.4, -0.2) is 65.4 Å². The summed E-state index contributed by atoms with van der Waals surface area (Å²) < 4.78 is 44.5. The van der Waals surface area contributed by atoms with Crippen molar-refractivity contribution in [3.8, 4) is 6.07 Å². The Kier molecular flexibility index (Phi) is 5.07. The van der Waals surface area contributed by atoms with Gasteiger partial charge >= 0.3 is 18.2 Å². The van der Waals surface area contributed by atoms with E-state index in [4.69, 9.17) is 5.26 Å². The summed E-state index contributed by atoms with van der Waals surface area (Å²) in [6, 6.07) is 1.26. The Morgan fingerprint density at radius 3 is 2.59 bits per heavy atom. The third kappa shape index (κ3) is 3.24. The number of amides is 4. The quantitative estimate of drug-likeness (QED) is 0.510. The molecule has 4 rings (SSSR count). The number of nitriles is 1. The van der Waals surface area contributed by atoms with Crippen LogP contribution >= 0.6 is 0 Å². The van der Waals surface area contributed by atoms with E-state index in [1.54, 1.807) is 0 Å². The van der Waals surface area contributed by atoms with Crippen LogP contribution in [0.15, 0.2) is 18.2 Å². The maximum Gasteiger partial charge on any atom is 0.417 e. The number of hydrogen-bond acceptors (Lipinski definition) is 6. The van der Waals surface area contributed by atoms with Crippen LogP contribution in [-0.2, 0) is 25.3 Å². The molecule has 4 amide bonds. The zero-order chi connectivity index (χ0) is 23.4. The molecule has 0 spiro atoms. The molecule has 0 N–H and O–H groups in total. The molecule has 0 aliphatic carbocycles. The lowest BCUT2D eigenvalue weighted by Crippen LogP contribution is -2.54. The average Bonchev–Trinajstić information content (AvgIpc) is 3.42. The Labute approximate surface area is 179 Å². The second kappa shape index (κ2) is 7.51. The molecular weight excluding hydrogens is 433 g/mol. The van der Waals surface area contributed by atoms with Gasteiger partial charge in [-0.05, 0) is 24.6 Å². The lowest BCUT2D eigenvalue weighted by molar-refractivity contribution is -0.144. The molecule has 3 saturated heterocycles. The monoisotopic (exact) mass is 450 g/mol. The highest BCUT2D eigenvalue weighted by Gasteiger charge is 2.62. The molecule has 3 heterocycles. The van der Waals surface area contributed by atoms with Crippen molar-refractivity contribution < 1.29 is 37.1 Å². The number of hydrogen-bond donors (Lipinski definition) is 0. The molecule has 0 unspecified atom stereocenters.